The predicted molar refractivity (Wildman–Crippen MR) is 74.0 cm³/mol. The van der Waals surface area contributed by atoms with Crippen LogP contribution in [0.15, 0.2) is 48.3 Å². The van der Waals surface area contributed by atoms with Crippen molar-refractivity contribution in [3.8, 4) is 0 Å². The molecule has 0 fully saturated rings. The van der Waals surface area contributed by atoms with E-state index in [0.717, 1.165) is 12.0 Å². The van der Waals surface area contributed by atoms with Crippen molar-refractivity contribution in [2.24, 2.45) is 11.8 Å². The van der Waals surface area contributed by atoms with Gasteiger partial charge in [0.25, 0.3) is 0 Å². The second-order valence-electron chi connectivity index (χ2n) is 5.53. The average molecular weight is 243 g/mol. The fourth-order valence-electron chi connectivity index (χ4n) is 2.46. The molecule has 1 heterocycles. The zero-order valence-electron chi connectivity index (χ0n) is 11.3. The van der Waals surface area contributed by atoms with E-state index in [-0.39, 0.29) is 5.92 Å². The fraction of sp³-hybridized carbons (Fsp3) is 0.438. The number of aromatic nitrogens is 1. The molecule has 2 nitrogen and oxygen atoms in total. The molecule has 96 valence electrons. The minimum absolute atomic E-state index is 0.0699. The molecule has 0 aromatic carbocycles. The summed E-state index contributed by atoms with van der Waals surface area (Å²) >= 11 is 0. The molecule has 1 aliphatic rings. The minimum Gasteiger partial charge on any atom is -0.380 e. The van der Waals surface area contributed by atoms with E-state index in [2.05, 4.69) is 31.8 Å². The molecule has 18 heavy (non-hydrogen) atoms. The first-order chi connectivity index (χ1) is 8.52. The molecule has 1 aliphatic carbocycles. The Morgan fingerprint density at radius 2 is 2.22 bits per heavy atom. The number of aliphatic hydroxyl groups is 1. The molecule has 0 amide bonds. The minimum atomic E-state index is -0.922. The maximum Gasteiger partial charge on any atom is 0.115 e. The third-order valence-corrected chi connectivity index (χ3v) is 3.48. The number of allylic oxidation sites excluding steroid dienone is 2. The number of hydrogen-bond donors (Lipinski definition) is 1. The van der Waals surface area contributed by atoms with Crippen LogP contribution in [0.2, 0.25) is 0 Å². The first-order valence-corrected chi connectivity index (χ1v) is 6.55. The number of hydrogen-bond acceptors (Lipinski definition) is 2. The smallest absolute Gasteiger partial charge is 0.115 e. The average Bonchev–Trinajstić information content (AvgIpc) is 2.34. The molecular formula is C16H21NO. The summed E-state index contributed by atoms with van der Waals surface area (Å²) in [6, 6.07) is 3.79. The van der Waals surface area contributed by atoms with Crippen LogP contribution in [0.5, 0.6) is 0 Å². The standard InChI is InChI=1S/C16H21NO/c1-12(2)9-14-6-7-16(18,13(3)10-14)15-5-4-8-17-11-15/h4-8,10-13,18H,9H2,1-3H3. The predicted octanol–water partition coefficient (Wildman–Crippen LogP) is 3.45. The first-order valence-electron chi connectivity index (χ1n) is 6.55. The van der Waals surface area contributed by atoms with Gasteiger partial charge >= 0.3 is 0 Å². The normalized spacial score (nSPS) is 27.4. The molecule has 2 rings (SSSR count). The van der Waals surface area contributed by atoms with Crippen LogP contribution in [0.4, 0.5) is 0 Å². The van der Waals surface area contributed by atoms with Gasteiger partial charge in [0.2, 0.25) is 0 Å². The summed E-state index contributed by atoms with van der Waals surface area (Å²) in [5, 5.41) is 10.8. The van der Waals surface area contributed by atoms with E-state index in [1.54, 1.807) is 12.4 Å². The van der Waals surface area contributed by atoms with E-state index >= 15 is 0 Å². The quantitative estimate of drug-likeness (QED) is 0.882. The Balaban J connectivity index is 2.25. The van der Waals surface area contributed by atoms with Gasteiger partial charge in [-0.1, -0.05) is 44.6 Å². The van der Waals surface area contributed by atoms with Gasteiger partial charge in [0.1, 0.15) is 5.60 Å². The highest BCUT2D eigenvalue weighted by Gasteiger charge is 2.34. The molecule has 0 saturated heterocycles. The lowest BCUT2D eigenvalue weighted by molar-refractivity contribution is 0.0492. The zero-order chi connectivity index (χ0) is 13.2. The van der Waals surface area contributed by atoms with Gasteiger partial charge in [-0.25, -0.2) is 0 Å². The largest absolute Gasteiger partial charge is 0.380 e. The van der Waals surface area contributed by atoms with Crippen molar-refractivity contribution in [1.82, 2.24) is 4.98 Å². The number of nitrogens with zero attached hydrogens (tertiary/aromatic N) is 1. The summed E-state index contributed by atoms with van der Waals surface area (Å²) in [6.45, 7) is 6.47. The fourth-order valence-corrected chi connectivity index (χ4v) is 2.46. The molecule has 1 N–H and O–H groups in total. The Kier molecular flexibility index (Phi) is 3.67. The third kappa shape index (κ3) is 2.54. The van der Waals surface area contributed by atoms with Crippen LogP contribution in [0, 0.1) is 11.8 Å². The maximum atomic E-state index is 10.8. The molecule has 0 aliphatic heterocycles. The highest BCUT2D eigenvalue weighted by atomic mass is 16.3. The van der Waals surface area contributed by atoms with Gasteiger partial charge in [-0.15, -0.1) is 0 Å². The first kappa shape index (κ1) is 13.0. The van der Waals surface area contributed by atoms with Crippen molar-refractivity contribution in [2.75, 3.05) is 0 Å². The SMILES string of the molecule is CC(C)CC1=CC(C)C(O)(c2cccnc2)C=C1. The van der Waals surface area contributed by atoms with Crippen LogP contribution < -0.4 is 0 Å². The Morgan fingerprint density at radius 3 is 2.78 bits per heavy atom. The van der Waals surface area contributed by atoms with Crippen molar-refractivity contribution >= 4 is 0 Å². The summed E-state index contributed by atoms with van der Waals surface area (Å²) in [7, 11) is 0. The Bertz CT molecular complexity index is 461. The molecular weight excluding hydrogens is 222 g/mol. The van der Waals surface area contributed by atoms with Gasteiger partial charge in [-0.3, -0.25) is 4.98 Å². The second kappa shape index (κ2) is 5.07. The van der Waals surface area contributed by atoms with Gasteiger partial charge in [0, 0.05) is 23.9 Å². The molecule has 0 spiro atoms. The molecule has 2 atom stereocenters. The zero-order valence-corrected chi connectivity index (χ0v) is 11.3. The lowest BCUT2D eigenvalue weighted by atomic mass is 9.77. The molecule has 1 aromatic heterocycles. The van der Waals surface area contributed by atoms with Crippen LogP contribution in [0.3, 0.4) is 0 Å². The Hall–Kier alpha value is -1.41. The topological polar surface area (TPSA) is 33.1 Å². The van der Waals surface area contributed by atoms with E-state index in [4.69, 9.17) is 0 Å². The van der Waals surface area contributed by atoms with Crippen molar-refractivity contribution in [2.45, 2.75) is 32.8 Å². The summed E-state index contributed by atoms with van der Waals surface area (Å²) in [4.78, 5) is 4.09. The van der Waals surface area contributed by atoms with Gasteiger partial charge < -0.3 is 5.11 Å². The van der Waals surface area contributed by atoms with E-state index in [0.29, 0.717) is 5.92 Å². The molecule has 1 aromatic rings. The van der Waals surface area contributed by atoms with Crippen molar-refractivity contribution < 1.29 is 5.11 Å². The highest BCUT2D eigenvalue weighted by Crippen LogP contribution is 2.36. The van der Waals surface area contributed by atoms with E-state index in [9.17, 15) is 5.11 Å². The van der Waals surface area contributed by atoms with E-state index < -0.39 is 5.60 Å². The van der Waals surface area contributed by atoms with Crippen molar-refractivity contribution in [3.05, 3.63) is 53.9 Å². The second-order valence-corrected chi connectivity index (χ2v) is 5.53. The lowest BCUT2D eigenvalue weighted by Gasteiger charge is -2.33. The van der Waals surface area contributed by atoms with Crippen LogP contribution in [0.25, 0.3) is 0 Å². The summed E-state index contributed by atoms with van der Waals surface area (Å²) < 4.78 is 0. The number of pyridine rings is 1. The molecule has 0 saturated carbocycles. The molecule has 2 heteroatoms. The lowest BCUT2D eigenvalue weighted by Crippen LogP contribution is -2.32. The van der Waals surface area contributed by atoms with Crippen molar-refractivity contribution in [3.63, 3.8) is 0 Å². The van der Waals surface area contributed by atoms with E-state index in [1.165, 1.54) is 5.57 Å². The van der Waals surface area contributed by atoms with E-state index in [1.807, 2.05) is 24.3 Å². The number of rotatable bonds is 3. The van der Waals surface area contributed by atoms with Gasteiger partial charge in [0.15, 0.2) is 0 Å². The van der Waals surface area contributed by atoms with Crippen molar-refractivity contribution in [1.29, 1.82) is 0 Å². The van der Waals surface area contributed by atoms with Crippen LogP contribution in [0.1, 0.15) is 32.8 Å². The maximum absolute atomic E-state index is 10.8. The molecule has 2 unspecified atom stereocenters. The van der Waals surface area contributed by atoms with Gasteiger partial charge in [0.05, 0.1) is 0 Å². The summed E-state index contributed by atoms with van der Waals surface area (Å²) in [5.41, 5.74) is 1.24. The van der Waals surface area contributed by atoms with Gasteiger partial charge in [-0.2, -0.15) is 0 Å². The highest BCUT2D eigenvalue weighted by molar-refractivity contribution is 5.36. The Labute approximate surface area is 109 Å². The summed E-state index contributed by atoms with van der Waals surface area (Å²) in [5.74, 6) is 0.707. The Morgan fingerprint density at radius 1 is 1.44 bits per heavy atom. The third-order valence-electron chi connectivity index (χ3n) is 3.48. The summed E-state index contributed by atoms with van der Waals surface area (Å²) in [6.07, 6.45) is 10.7. The molecule has 0 bridgehead atoms. The van der Waals surface area contributed by atoms with Crippen LogP contribution >= 0.6 is 0 Å². The molecule has 0 radical (unpaired) electrons. The van der Waals surface area contributed by atoms with Crippen LogP contribution in [-0.4, -0.2) is 10.1 Å². The van der Waals surface area contributed by atoms with Gasteiger partial charge in [-0.05, 0) is 24.5 Å². The van der Waals surface area contributed by atoms with Crippen LogP contribution in [-0.2, 0) is 5.60 Å². The monoisotopic (exact) mass is 243 g/mol.